The van der Waals surface area contributed by atoms with Crippen molar-refractivity contribution < 1.29 is 28.6 Å². The lowest BCUT2D eigenvalue weighted by Gasteiger charge is -2.18. The summed E-state index contributed by atoms with van der Waals surface area (Å²) in [6.07, 6.45) is 1.51. The van der Waals surface area contributed by atoms with Crippen LogP contribution in [0.25, 0.3) is 17.2 Å². The molecule has 0 aliphatic rings. The Kier molecular flexibility index (Phi) is 12.8. The summed E-state index contributed by atoms with van der Waals surface area (Å²) in [5.41, 5.74) is 4.02. The first kappa shape index (κ1) is 38.9. The van der Waals surface area contributed by atoms with Crippen LogP contribution in [0.4, 0.5) is 10.7 Å². The lowest BCUT2D eigenvalue weighted by Crippen LogP contribution is -2.30. The second kappa shape index (κ2) is 18.5. The van der Waals surface area contributed by atoms with Gasteiger partial charge in [-0.15, -0.1) is 23.1 Å². The second-order valence-corrected chi connectivity index (χ2v) is 14.1. The zero-order chi connectivity index (χ0) is 39.4. The Morgan fingerprint density at radius 1 is 0.768 bits per heavy atom. The van der Waals surface area contributed by atoms with E-state index in [1.165, 1.54) is 50.5 Å². The quantitative estimate of drug-likeness (QED) is 0.0735. The molecule has 0 saturated carbocycles. The molecule has 1 atom stereocenters. The van der Waals surface area contributed by atoms with Gasteiger partial charge in [0.25, 0.3) is 11.8 Å². The largest absolute Gasteiger partial charge is 0.493 e. The molecular formula is C44H36N4O6S2. The Morgan fingerprint density at radius 3 is 2.04 bits per heavy atom. The van der Waals surface area contributed by atoms with E-state index in [0.717, 1.165) is 16.7 Å². The first-order valence-corrected chi connectivity index (χ1v) is 19.0. The minimum atomic E-state index is -0.711. The normalized spacial score (nSPS) is 11.4. The van der Waals surface area contributed by atoms with E-state index >= 15 is 0 Å². The van der Waals surface area contributed by atoms with Crippen molar-refractivity contribution in [3.05, 3.63) is 161 Å². The molecule has 56 heavy (non-hydrogen) atoms. The van der Waals surface area contributed by atoms with Gasteiger partial charge in [0, 0.05) is 27.1 Å². The molecule has 10 nitrogen and oxygen atoms in total. The molecule has 5 aromatic carbocycles. The van der Waals surface area contributed by atoms with Crippen molar-refractivity contribution in [3.8, 4) is 34.4 Å². The number of ether oxygens (including phenoxy) is 3. The molecule has 0 aliphatic carbocycles. The molecular weight excluding hydrogens is 745 g/mol. The first-order chi connectivity index (χ1) is 27.3. The molecule has 1 unspecified atom stereocenters. The van der Waals surface area contributed by atoms with Crippen LogP contribution < -0.4 is 30.2 Å². The SMILES string of the molecule is COc1cc(/C=C(/NC(=O)c2ccccc2)C(=O)Nc2cccc(SC(C(=O)Nc3scc(-c4ccccc4)c3C#N)c3ccccc3)c2)cc(OC)c1OC. The highest BCUT2D eigenvalue weighted by Gasteiger charge is 2.25. The summed E-state index contributed by atoms with van der Waals surface area (Å²) in [6.45, 7) is 0. The van der Waals surface area contributed by atoms with E-state index in [1.807, 2.05) is 72.1 Å². The Morgan fingerprint density at radius 2 is 1.41 bits per heavy atom. The summed E-state index contributed by atoms with van der Waals surface area (Å²) in [5, 5.41) is 20.3. The van der Waals surface area contributed by atoms with Crippen molar-refractivity contribution in [2.45, 2.75) is 10.1 Å². The zero-order valence-corrected chi connectivity index (χ0v) is 32.2. The van der Waals surface area contributed by atoms with E-state index in [0.29, 0.717) is 49.5 Å². The van der Waals surface area contributed by atoms with E-state index in [9.17, 15) is 19.6 Å². The van der Waals surface area contributed by atoms with Gasteiger partial charge < -0.3 is 30.2 Å². The third kappa shape index (κ3) is 9.27. The molecule has 0 fully saturated rings. The Labute approximate surface area is 332 Å². The molecule has 0 aliphatic heterocycles. The molecule has 12 heteroatoms. The first-order valence-electron chi connectivity index (χ1n) is 17.2. The average molecular weight is 781 g/mol. The van der Waals surface area contributed by atoms with Gasteiger partial charge in [0.1, 0.15) is 22.0 Å². The van der Waals surface area contributed by atoms with Crippen LogP contribution >= 0.6 is 23.1 Å². The van der Waals surface area contributed by atoms with Gasteiger partial charge in [-0.25, -0.2) is 0 Å². The number of benzene rings is 5. The van der Waals surface area contributed by atoms with E-state index in [1.54, 1.807) is 60.7 Å². The molecule has 1 heterocycles. The fraction of sp³-hybridized carbons (Fsp3) is 0.0909. The number of rotatable bonds is 14. The third-order valence-electron chi connectivity index (χ3n) is 8.44. The minimum Gasteiger partial charge on any atom is -0.493 e. The summed E-state index contributed by atoms with van der Waals surface area (Å²) in [6, 6.07) is 40.1. The summed E-state index contributed by atoms with van der Waals surface area (Å²) >= 11 is 2.59. The number of hydrogen-bond acceptors (Lipinski definition) is 9. The number of thiophene rings is 1. The maximum absolute atomic E-state index is 14.0. The summed E-state index contributed by atoms with van der Waals surface area (Å²) in [4.78, 5) is 42.0. The summed E-state index contributed by atoms with van der Waals surface area (Å²) < 4.78 is 16.4. The van der Waals surface area contributed by atoms with Crippen molar-refractivity contribution in [1.82, 2.24) is 5.32 Å². The van der Waals surface area contributed by atoms with Gasteiger partial charge in [-0.2, -0.15) is 5.26 Å². The van der Waals surface area contributed by atoms with Gasteiger partial charge >= 0.3 is 0 Å². The van der Waals surface area contributed by atoms with Gasteiger partial charge in [0.05, 0.1) is 26.9 Å². The number of nitriles is 1. The highest BCUT2D eigenvalue weighted by atomic mass is 32.2. The maximum Gasteiger partial charge on any atom is 0.272 e. The van der Waals surface area contributed by atoms with Gasteiger partial charge in [0.2, 0.25) is 11.7 Å². The number of anilines is 2. The Bertz CT molecular complexity index is 2390. The number of hydrogen-bond donors (Lipinski definition) is 3. The van der Waals surface area contributed by atoms with Crippen molar-refractivity contribution in [3.63, 3.8) is 0 Å². The lowest BCUT2D eigenvalue weighted by atomic mass is 10.1. The van der Waals surface area contributed by atoms with E-state index in [-0.39, 0.29) is 11.6 Å². The number of thioether (sulfide) groups is 1. The molecule has 6 aromatic rings. The van der Waals surface area contributed by atoms with Crippen molar-refractivity contribution in [1.29, 1.82) is 5.26 Å². The molecule has 0 saturated heterocycles. The van der Waals surface area contributed by atoms with Crippen LogP contribution in [0, 0.1) is 11.3 Å². The molecule has 3 amide bonds. The van der Waals surface area contributed by atoms with Crippen LogP contribution in [-0.2, 0) is 9.59 Å². The van der Waals surface area contributed by atoms with E-state index < -0.39 is 17.1 Å². The molecule has 0 bridgehead atoms. The van der Waals surface area contributed by atoms with Crippen LogP contribution in [-0.4, -0.2) is 39.1 Å². The molecule has 0 spiro atoms. The van der Waals surface area contributed by atoms with Crippen LogP contribution in [0.3, 0.4) is 0 Å². The number of methoxy groups -OCH3 is 3. The summed E-state index contributed by atoms with van der Waals surface area (Å²) in [5.74, 6) is -0.281. The third-order valence-corrected chi connectivity index (χ3v) is 10.6. The zero-order valence-electron chi connectivity index (χ0n) is 30.6. The summed E-state index contributed by atoms with van der Waals surface area (Å²) in [7, 11) is 4.46. The molecule has 0 radical (unpaired) electrons. The lowest BCUT2D eigenvalue weighted by molar-refractivity contribution is -0.116. The second-order valence-electron chi connectivity index (χ2n) is 12.0. The molecule has 280 valence electrons. The fourth-order valence-corrected chi connectivity index (χ4v) is 7.75. The van der Waals surface area contributed by atoms with Gasteiger partial charge in [-0.1, -0.05) is 84.9 Å². The van der Waals surface area contributed by atoms with Gasteiger partial charge in [-0.05, 0) is 65.2 Å². The maximum atomic E-state index is 14.0. The Hall–Kier alpha value is -6.81. The topological polar surface area (TPSA) is 139 Å². The predicted octanol–water partition coefficient (Wildman–Crippen LogP) is 9.19. The fourth-order valence-electron chi connectivity index (χ4n) is 5.74. The van der Waals surface area contributed by atoms with Crippen LogP contribution in [0.5, 0.6) is 17.2 Å². The van der Waals surface area contributed by atoms with Crippen molar-refractivity contribution in [2.75, 3.05) is 32.0 Å². The van der Waals surface area contributed by atoms with Crippen LogP contribution in [0.2, 0.25) is 0 Å². The average Bonchev–Trinajstić information content (AvgIpc) is 3.65. The van der Waals surface area contributed by atoms with Crippen molar-refractivity contribution >= 4 is 57.6 Å². The number of carbonyl (C=O) groups is 3. The van der Waals surface area contributed by atoms with Crippen molar-refractivity contribution in [2.24, 2.45) is 0 Å². The van der Waals surface area contributed by atoms with Crippen LogP contribution in [0.15, 0.2) is 143 Å². The minimum absolute atomic E-state index is 0.0492. The van der Waals surface area contributed by atoms with Gasteiger partial charge in [-0.3, -0.25) is 14.4 Å². The van der Waals surface area contributed by atoms with Gasteiger partial charge in [0.15, 0.2) is 11.5 Å². The highest BCUT2D eigenvalue weighted by Crippen LogP contribution is 2.41. The molecule has 3 N–H and O–H groups in total. The molecule has 1 aromatic heterocycles. The monoisotopic (exact) mass is 780 g/mol. The smallest absolute Gasteiger partial charge is 0.272 e. The van der Waals surface area contributed by atoms with E-state index in [2.05, 4.69) is 22.0 Å². The molecule has 6 rings (SSSR count). The van der Waals surface area contributed by atoms with Crippen LogP contribution in [0.1, 0.15) is 32.3 Å². The number of amides is 3. The number of carbonyl (C=O) groups excluding carboxylic acids is 3. The number of nitrogens with one attached hydrogen (secondary N) is 3. The predicted molar refractivity (Wildman–Crippen MR) is 221 cm³/mol. The Balaban J connectivity index is 1.27. The number of nitrogens with zero attached hydrogens (tertiary/aromatic N) is 1. The highest BCUT2D eigenvalue weighted by molar-refractivity contribution is 8.00. The standard InChI is InChI=1S/C44H36N4O6S2/c1-52-37-23-28(24-38(53-2)39(37)54-3)22-36(47-41(49)31-18-11-6-12-19-31)42(50)46-32-20-13-21-33(25-32)56-40(30-16-9-5-10-17-30)43(51)48-44-34(26-45)35(27-55-44)29-14-7-4-8-15-29/h4-25,27,40H,1-3H3,(H,46,50)(H,47,49)(H,48,51)/b36-22+. The van der Waals surface area contributed by atoms with E-state index in [4.69, 9.17) is 14.2 Å².